The zero-order chi connectivity index (χ0) is 14.8. The van der Waals surface area contributed by atoms with Gasteiger partial charge in [0.05, 0.1) is 0 Å². The second-order valence-corrected chi connectivity index (χ2v) is 7.40. The maximum Gasteiger partial charge on any atom is 0.441 e. The highest BCUT2D eigenvalue weighted by atomic mass is 32.2. The predicted octanol–water partition coefficient (Wildman–Crippen LogP) is 3.43. The Labute approximate surface area is 124 Å². The van der Waals surface area contributed by atoms with Gasteiger partial charge in [-0.3, -0.25) is 9.80 Å². The molecule has 0 aliphatic carbocycles. The zero-order valence-corrected chi connectivity index (χ0v) is 13.1. The number of alkyl halides is 3. The largest absolute Gasteiger partial charge is 0.441 e. The summed E-state index contributed by atoms with van der Waals surface area (Å²) in [6, 6.07) is 0.966. The topological polar surface area (TPSA) is 6.48 Å². The van der Waals surface area contributed by atoms with Crippen LogP contribution in [0.15, 0.2) is 0 Å². The number of thioether (sulfide) groups is 1. The van der Waals surface area contributed by atoms with E-state index in [1.165, 1.54) is 25.8 Å². The van der Waals surface area contributed by atoms with Crippen LogP contribution < -0.4 is 0 Å². The molecule has 20 heavy (non-hydrogen) atoms. The van der Waals surface area contributed by atoms with Crippen LogP contribution >= 0.6 is 11.8 Å². The van der Waals surface area contributed by atoms with Gasteiger partial charge >= 0.3 is 5.51 Å². The monoisotopic (exact) mass is 310 g/mol. The Hall–Kier alpha value is 0.0600. The summed E-state index contributed by atoms with van der Waals surface area (Å²) in [6.07, 6.45) is 3.73. The predicted molar refractivity (Wildman–Crippen MR) is 77.9 cm³/mol. The number of piperidine rings is 1. The minimum absolute atomic E-state index is 0.115. The van der Waals surface area contributed by atoms with Gasteiger partial charge in [0.1, 0.15) is 0 Å². The summed E-state index contributed by atoms with van der Waals surface area (Å²) in [7, 11) is 0. The van der Waals surface area contributed by atoms with Gasteiger partial charge in [0, 0.05) is 37.5 Å². The standard InChI is InChI=1S/C14H25F3N2S/c1-11(2)13-10-18-6-4-3-5-12(18)9-19(13)7-8-20-14(15,16)17/h11-13H,3-10H2,1-2H3. The second kappa shape index (κ2) is 6.88. The molecule has 0 aromatic heterocycles. The third kappa shape index (κ3) is 4.53. The van der Waals surface area contributed by atoms with Crippen molar-refractivity contribution in [3.63, 3.8) is 0 Å². The van der Waals surface area contributed by atoms with Gasteiger partial charge in [-0.05, 0) is 37.1 Å². The summed E-state index contributed by atoms with van der Waals surface area (Å²) < 4.78 is 36.8. The van der Waals surface area contributed by atoms with Crippen LogP contribution in [-0.4, -0.2) is 59.3 Å². The van der Waals surface area contributed by atoms with E-state index in [4.69, 9.17) is 0 Å². The Kier molecular flexibility index (Phi) is 5.65. The van der Waals surface area contributed by atoms with Crippen molar-refractivity contribution in [3.05, 3.63) is 0 Å². The molecule has 0 N–H and O–H groups in total. The van der Waals surface area contributed by atoms with Gasteiger partial charge in [-0.25, -0.2) is 0 Å². The van der Waals surface area contributed by atoms with Gasteiger partial charge in [-0.2, -0.15) is 13.2 Å². The number of fused-ring (bicyclic) bond motifs is 1. The minimum Gasteiger partial charge on any atom is -0.298 e. The first kappa shape index (κ1) is 16.4. The van der Waals surface area contributed by atoms with E-state index in [0.29, 0.717) is 24.5 Å². The van der Waals surface area contributed by atoms with Crippen LogP contribution in [-0.2, 0) is 0 Å². The van der Waals surface area contributed by atoms with Crippen LogP contribution in [0.4, 0.5) is 13.2 Å². The molecule has 0 amide bonds. The average Bonchev–Trinajstić information content (AvgIpc) is 2.36. The third-order valence-corrected chi connectivity index (χ3v) is 5.21. The lowest BCUT2D eigenvalue weighted by Crippen LogP contribution is -2.61. The normalized spacial score (nSPS) is 29.7. The van der Waals surface area contributed by atoms with Crippen LogP contribution in [0.5, 0.6) is 0 Å². The molecule has 0 spiro atoms. The van der Waals surface area contributed by atoms with Gasteiger partial charge in [-0.1, -0.05) is 20.3 Å². The average molecular weight is 310 g/mol. The molecule has 118 valence electrons. The second-order valence-electron chi connectivity index (χ2n) is 6.25. The quantitative estimate of drug-likeness (QED) is 0.785. The van der Waals surface area contributed by atoms with Crippen molar-refractivity contribution >= 4 is 11.8 Å². The first-order valence-electron chi connectivity index (χ1n) is 7.55. The Balaban J connectivity index is 1.90. The lowest BCUT2D eigenvalue weighted by atomic mass is 9.92. The number of hydrogen-bond donors (Lipinski definition) is 0. The van der Waals surface area contributed by atoms with Crippen molar-refractivity contribution in [2.75, 3.05) is 31.9 Å². The van der Waals surface area contributed by atoms with Crippen molar-refractivity contribution in [2.24, 2.45) is 5.92 Å². The number of nitrogens with zero attached hydrogens (tertiary/aromatic N) is 2. The van der Waals surface area contributed by atoms with E-state index < -0.39 is 5.51 Å². The van der Waals surface area contributed by atoms with Gasteiger partial charge in [-0.15, -0.1) is 0 Å². The molecule has 0 saturated carbocycles. The minimum atomic E-state index is -4.10. The van der Waals surface area contributed by atoms with E-state index in [9.17, 15) is 13.2 Å². The summed E-state index contributed by atoms with van der Waals surface area (Å²) >= 11 is 0.115. The molecule has 2 nitrogen and oxygen atoms in total. The molecule has 6 heteroatoms. The Bertz CT molecular complexity index is 309. The fourth-order valence-electron chi connectivity index (χ4n) is 3.44. The molecule has 0 aromatic carbocycles. The maximum absolute atomic E-state index is 12.3. The SMILES string of the molecule is CC(C)C1CN2CCCCC2CN1CCSC(F)(F)F. The van der Waals surface area contributed by atoms with Crippen LogP contribution in [0.2, 0.25) is 0 Å². The molecular formula is C14H25F3N2S. The fourth-order valence-corrected chi connectivity index (χ4v) is 3.99. The molecule has 0 radical (unpaired) electrons. The first-order valence-corrected chi connectivity index (χ1v) is 8.54. The molecule has 2 heterocycles. The first-order chi connectivity index (χ1) is 9.37. The maximum atomic E-state index is 12.3. The van der Waals surface area contributed by atoms with Crippen LogP contribution in [0.25, 0.3) is 0 Å². The third-order valence-electron chi connectivity index (χ3n) is 4.50. The van der Waals surface area contributed by atoms with E-state index in [-0.39, 0.29) is 17.5 Å². The summed E-state index contributed by atoms with van der Waals surface area (Å²) in [4.78, 5) is 4.86. The number of piperazine rings is 1. The van der Waals surface area contributed by atoms with Crippen molar-refractivity contribution in [1.82, 2.24) is 9.80 Å². The van der Waals surface area contributed by atoms with E-state index in [2.05, 4.69) is 23.6 Å². The van der Waals surface area contributed by atoms with E-state index in [1.54, 1.807) is 0 Å². The summed E-state index contributed by atoms with van der Waals surface area (Å²) in [6.45, 7) is 8.05. The Morgan fingerprint density at radius 1 is 1.20 bits per heavy atom. The highest BCUT2D eigenvalue weighted by Crippen LogP contribution is 2.31. The molecule has 2 aliphatic rings. The Morgan fingerprint density at radius 2 is 1.95 bits per heavy atom. The van der Waals surface area contributed by atoms with E-state index in [1.807, 2.05) is 0 Å². The van der Waals surface area contributed by atoms with E-state index in [0.717, 1.165) is 13.1 Å². The lowest BCUT2D eigenvalue weighted by Gasteiger charge is -2.50. The zero-order valence-electron chi connectivity index (χ0n) is 12.3. The van der Waals surface area contributed by atoms with Gasteiger partial charge < -0.3 is 0 Å². The molecule has 2 aliphatic heterocycles. The highest BCUT2D eigenvalue weighted by molar-refractivity contribution is 8.00. The molecular weight excluding hydrogens is 285 g/mol. The molecule has 2 atom stereocenters. The molecule has 2 saturated heterocycles. The fraction of sp³-hybridized carbons (Fsp3) is 1.00. The van der Waals surface area contributed by atoms with Crippen LogP contribution in [0.3, 0.4) is 0 Å². The number of hydrogen-bond acceptors (Lipinski definition) is 3. The van der Waals surface area contributed by atoms with Crippen molar-refractivity contribution in [3.8, 4) is 0 Å². The van der Waals surface area contributed by atoms with Crippen molar-refractivity contribution in [1.29, 1.82) is 0 Å². The van der Waals surface area contributed by atoms with Crippen molar-refractivity contribution in [2.45, 2.75) is 50.7 Å². The number of halogens is 3. The highest BCUT2D eigenvalue weighted by Gasteiger charge is 2.36. The smallest absolute Gasteiger partial charge is 0.298 e. The number of rotatable bonds is 4. The molecule has 2 unspecified atom stereocenters. The molecule has 0 bridgehead atoms. The van der Waals surface area contributed by atoms with Crippen molar-refractivity contribution < 1.29 is 13.2 Å². The molecule has 2 fully saturated rings. The molecule has 2 rings (SSSR count). The van der Waals surface area contributed by atoms with Crippen LogP contribution in [0.1, 0.15) is 33.1 Å². The Morgan fingerprint density at radius 3 is 2.60 bits per heavy atom. The summed E-state index contributed by atoms with van der Waals surface area (Å²) in [5.74, 6) is 0.646. The van der Waals surface area contributed by atoms with E-state index >= 15 is 0 Å². The lowest BCUT2D eigenvalue weighted by molar-refractivity contribution is -0.0335. The summed E-state index contributed by atoms with van der Waals surface area (Å²) in [5, 5.41) is 0. The van der Waals surface area contributed by atoms with Gasteiger partial charge in [0.2, 0.25) is 0 Å². The van der Waals surface area contributed by atoms with Crippen LogP contribution in [0, 0.1) is 5.92 Å². The molecule has 0 aromatic rings. The summed E-state index contributed by atoms with van der Waals surface area (Å²) in [5.41, 5.74) is -4.10. The van der Waals surface area contributed by atoms with Gasteiger partial charge in [0.25, 0.3) is 0 Å². The van der Waals surface area contributed by atoms with Gasteiger partial charge in [0.15, 0.2) is 0 Å².